The first-order valence-corrected chi connectivity index (χ1v) is 8.89. The molecule has 10 heteroatoms. The maximum Gasteiger partial charge on any atom is 0.404 e. The van der Waals surface area contributed by atoms with Crippen LogP contribution in [-0.4, -0.2) is 30.4 Å². The molecule has 1 amide bonds. The molecule has 27 heavy (non-hydrogen) atoms. The molecule has 0 bridgehead atoms. The third-order valence-corrected chi connectivity index (χ3v) is 4.85. The number of hydrogen-bond acceptors (Lipinski definition) is 5. The first-order valence-electron chi connectivity index (χ1n) is 8.09. The van der Waals surface area contributed by atoms with E-state index < -0.39 is 4.92 Å². The number of rotatable bonds is 6. The van der Waals surface area contributed by atoms with Gasteiger partial charge in [0.1, 0.15) is 11.0 Å². The Bertz CT molecular complexity index is 1010. The van der Waals surface area contributed by atoms with Gasteiger partial charge in [0.2, 0.25) is 5.91 Å². The number of halogens is 1. The molecule has 9 nitrogen and oxygen atoms in total. The van der Waals surface area contributed by atoms with Crippen molar-refractivity contribution in [2.45, 2.75) is 26.9 Å². The number of nitrogens with zero attached hydrogens (tertiary/aromatic N) is 5. The van der Waals surface area contributed by atoms with Gasteiger partial charge in [-0.2, -0.15) is 9.78 Å². The Kier molecular flexibility index (Phi) is 5.36. The molecule has 0 atom stereocenters. The van der Waals surface area contributed by atoms with E-state index in [0.717, 1.165) is 5.56 Å². The summed E-state index contributed by atoms with van der Waals surface area (Å²) in [6.45, 7) is 4.12. The Labute approximate surface area is 163 Å². The first kappa shape index (κ1) is 18.8. The van der Waals surface area contributed by atoms with Gasteiger partial charge in [-0.25, -0.2) is 0 Å². The first-order chi connectivity index (χ1) is 12.8. The summed E-state index contributed by atoms with van der Waals surface area (Å²) >= 11 is 3.13. The number of nitro groups is 1. The largest absolute Gasteiger partial charge is 0.404 e. The second-order valence-corrected chi connectivity index (χ2v) is 6.87. The number of nitrogens with one attached hydrogen (secondary N) is 1. The lowest BCUT2D eigenvalue weighted by molar-refractivity contribution is -0.390. The number of carbonyl (C=O) groups is 1. The van der Waals surface area contributed by atoms with Crippen LogP contribution in [0.1, 0.15) is 16.8 Å². The average Bonchev–Trinajstić information content (AvgIpc) is 3.14. The SMILES string of the molecule is Cc1cccc(Cn2ccc(NC(=O)Cn3nc([N+](=O)[O-])c(Br)c3C)n2)c1. The van der Waals surface area contributed by atoms with Gasteiger partial charge in [-0.3, -0.25) is 9.48 Å². The zero-order chi connectivity index (χ0) is 19.6. The molecule has 0 aliphatic heterocycles. The molecule has 0 unspecified atom stereocenters. The molecule has 3 aromatic rings. The molecule has 0 aliphatic carbocycles. The number of benzene rings is 1. The smallest absolute Gasteiger partial charge is 0.358 e. The molecule has 3 rings (SSSR count). The standard InChI is InChI=1S/C17H17BrN6O3/c1-11-4-3-5-13(8-11)9-22-7-6-14(20-22)19-15(25)10-23-12(2)16(18)17(21-23)24(26)27/h3-8H,9-10H2,1-2H3,(H,19,20,25). The molecule has 140 valence electrons. The lowest BCUT2D eigenvalue weighted by Crippen LogP contribution is -2.20. The highest BCUT2D eigenvalue weighted by atomic mass is 79.9. The Morgan fingerprint density at radius 2 is 2.07 bits per heavy atom. The van der Waals surface area contributed by atoms with E-state index in [4.69, 9.17) is 0 Å². The van der Waals surface area contributed by atoms with Crippen molar-refractivity contribution in [1.29, 1.82) is 0 Å². The van der Waals surface area contributed by atoms with Gasteiger partial charge in [-0.15, -0.1) is 0 Å². The van der Waals surface area contributed by atoms with Gasteiger partial charge >= 0.3 is 5.82 Å². The van der Waals surface area contributed by atoms with Gasteiger partial charge in [0, 0.05) is 12.3 Å². The van der Waals surface area contributed by atoms with E-state index in [9.17, 15) is 14.9 Å². The summed E-state index contributed by atoms with van der Waals surface area (Å²) in [7, 11) is 0. The van der Waals surface area contributed by atoms with Crippen molar-refractivity contribution < 1.29 is 9.72 Å². The number of anilines is 1. The van der Waals surface area contributed by atoms with Crippen LogP contribution in [0.4, 0.5) is 11.6 Å². The maximum atomic E-state index is 12.2. The Morgan fingerprint density at radius 3 is 2.74 bits per heavy atom. The number of aryl methyl sites for hydroxylation is 1. The Balaban J connectivity index is 1.64. The topological polar surface area (TPSA) is 108 Å². The van der Waals surface area contributed by atoms with Gasteiger partial charge in [0.25, 0.3) is 0 Å². The van der Waals surface area contributed by atoms with Crippen LogP contribution < -0.4 is 5.32 Å². The van der Waals surface area contributed by atoms with Crippen molar-refractivity contribution in [2.75, 3.05) is 5.32 Å². The van der Waals surface area contributed by atoms with Crippen molar-refractivity contribution in [3.8, 4) is 0 Å². The summed E-state index contributed by atoms with van der Waals surface area (Å²) in [5.74, 6) is -0.280. The van der Waals surface area contributed by atoms with E-state index in [1.807, 2.05) is 25.1 Å². The molecule has 1 N–H and O–H groups in total. The normalized spacial score (nSPS) is 10.8. The molecule has 0 fully saturated rings. The molecule has 2 heterocycles. The van der Waals surface area contributed by atoms with Gasteiger partial charge in [-0.05, 0) is 40.3 Å². The van der Waals surface area contributed by atoms with Crippen LogP contribution >= 0.6 is 15.9 Å². The maximum absolute atomic E-state index is 12.2. The minimum absolute atomic E-state index is 0.150. The fourth-order valence-electron chi connectivity index (χ4n) is 2.61. The Morgan fingerprint density at radius 1 is 1.30 bits per heavy atom. The van der Waals surface area contributed by atoms with Gasteiger partial charge in [-0.1, -0.05) is 29.8 Å². The van der Waals surface area contributed by atoms with Crippen molar-refractivity contribution in [3.05, 3.63) is 67.9 Å². The van der Waals surface area contributed by atoms with E-state index in [1.165, 1.54) is 10.2 Å². The van der Waals surface area contributed by atoms with Crippen molar-refractivity contribution in [2.24, 2.45) is 0 Å². The van der Waals surface area contributed by atoms with Gasteiger partial charge < -0.3 is 15.4 Å². The summed E-state index contributed by atoms with van der Waals surface area (Å²) in [5.41, 5.74) is 2.78. The molecule has 0 saturated heterocycles. The predicted molar refractivity (Wildman–Crippen MR) is 102 cm³/mol. The lowest BCUT2D eigenvalue weighted by atomic mass is 10.1. The summed E-state index contributed by atoms with van der Waals surface area (Å²) in [4.78, 5) is 22.6. The van der Waals surface area contributed by atoms with Crippen LogP contribution in [0.15, 0.2) is 41.0 Å². The van der Waals surface area contributed by atoms with Crippen LogP contribution in [-0.2, 0) is 17.9 Å². The second-order valence-electron chi connectivity index (χ2n) is 6.07. The van der Waals surface area contributed by atoms with Crippen LogP contribution in [0.5, 0.6) is 0 Å². The molecule has 2 aromatic heterocycles. The fourth-order valence-corrected chi connectivity index (χ4v) is 3.04. The van der Waals surface area contributed by atoms with Crippen molar-refractivity contribution in [3.63, 3.8) is 0 Å². The second kappa shape index (κ2) is 7.70. The number of carbonyl (C=O) groups excluding carboxylic acids is 1. The van der Waals surface area contributed by atoms with E-state index in [2.05, 4.69) is 37.5 Å². The van der Waals surface area contributed by atoms with Crippen molar-refractivity contribution >= 4 is 33.5 Å². The highest BCUT2D eigenvalue weighted by Crippen LogP contribution is 2.26. The highest BCUT2D eigenvalue weighted by molar-refractivity contribution is 9.10. The zero-order valence-electron chi connectivity index (χ0n) is 14.7. The third-order valence-electron chi connectivity index (χ3n) is 3.92. The van der Waals surface area contributed by atoms with Gasteiger partial charge in [0.05, 0.1) is 17.3 Å². The van der Waals surface area contributed by atoms with Crippen LogP contribution in [0.2, 0.25) is 0 Å². The predicted octanol–water partition coefficient (Wildman–Crippen LogP) is 3.05. The van der Waals surface area contributed by atoms with E-state index in [0.29, 0.717) is 18.1 Å². The van der Waals surface area contributed by atoms with Crippen LogP contribution in [0, 0.1) is 24.0 Å². The zero-order valence-corrected chi connectivity index (χ0v) is 16.3. The quantitative estimate of drug-likeness (QED) is 0.475. The summed E-state index contributed by atoms with van der Waals surface area (Å²) in [5, 5.41) is 21.8. The molecular formula is C17H17BrN6O3. The highest BCUT2D eigenvalue weighted by Gasteiger charge is 2.24. The minimum atomic E-state index is -0.599. The summed E-state index contributed by atoms with van der Waals surface area (Å²) in [6, 6.07) is 9.80. The Hall–Kier alpha value is -3.01. The van der Waals surface area contributed by atoms with Crippen LogP contribution in [0.3, 0.4) is 0 Å². The number of amides is 1. The molecule has 1 aromatic carbocycles. The third kappa shape index (κ3) is 4.40. The van der Waals surface area contributed by atoms with Crippen LogP contribution in [0.25, 0.3) is 0 Å². The fraction of sp³-hybridized carbons (Fsp3) is 0.235. The molecule has 0 aliphatic rings. The summed E-state index contributed by atoms with van der Waals surface area (Å²) < 4.78 is 3.27. The molecule has 0 radical (unpaired) electrons. The van der Waals surface area contributed by atoms with E-state index in [1.54, 1.807) is 23.9 Å². The van der Waals surface area contributed by atoms with E-state index in [-0.39, 0.29) is 22.7 Å². The number of aromatic nitrogens is 4. The van der Waals surface area contributed by atoms with Crippen molar-refractivity contribution in [1.82, 2.24) is 19.6 Å². The van der Waals surface area contributed by atoms with Gasteiger partial charge in [0.15, 0.2) is 5.82 Å². The molecule has 0 spiro atoms. The van der Waals surface area contributed by atoms with E-state index >= 15 is 0 Å². The molecular weight excluding hydrogens is 416 g/mol. The minimum Gasteiger partial charge on any atom is -0.358 e. The molecule has 0 saturated carbocycles. The average molecular weight is 433 g/mol. The number of hydrogen-bond donors (Lipinski definition) is 1. The monoisotopic (exact) mass is 432 g/mol. The summed E-state index contributed by atoms with van der Waals surface area (Å²) in [6.07, 6.45) is 1.78. The lowest BCUT2D eigenvalue weighted by Gasteiger charge is -2.04.